The van der Waals surface area contributed by atoms with Crippen molar-refractivity contribution < 1.29 is 14.6 Å². The van der Waals surface area contributed by atoms with Gasteiger partial charge in [-0.05, 0) is 44.1 Å². The Hall–Kier alpha value is -0.970. The predicted octanol–water partition coefficient (Wildman–Crippen LogP) is 3.17. The summed E-state index contributed by atoms with van der Waals surface area (Å²) in [5.41, 5.74) is 0. The molecular formula is C14H17Cl2NO3. The molecule has 0 aliphatic carbocycles. The summed E-state index contributed by atoms with van der Waals surface area (Å²) in [7, 11) is 0. The van der Waals surface area contributed by atoms with Gasteiger partial charge >= 0.3 is 5.97 Å². The average Bonchev–Trinajstić information content (AvgIpc) is 2.42. The number of carboxylic acid groups (broad SMARTS) is 1. The van der Waals surface area contributed by atoms with Crippen LogP contribution >= 0.6 is 23.2 Å². The fourth-order valence-electron chi connectivity index (χ4n) is 2.28. The first kappa shape index (κ1) is 15.4. The van der Waals surface area contributed by atoms with Gasteiger partial charge in [-0.15, -0.1) is 0 Å². The predicted molar refractivity (Wildman–Crippen MR) is 78.8 cm³/mol. The largest absolute Gasteiger partial charge is 0.491 e. The van der Waals surface area contributed by atoms with E-state index in [-0.39, 0.29) is 5.92 Å². The van der Waals surface area contributed by atoms with E-state index >= 15 is 0 Å². The number of carboxylic acids is 1. The zero-order valence-corrected chi connectivity index (χ0v) is 12.5. The SMILES string of the molecule is O=C(O)C1CCN(CCOc2ccc(Cl)cc2Cl)CC1. The van der Waals surface area contributed by atoms with Gasteiger partial charge in [-0.2, -0.15) is 0 Å². The zero-order chi connectivity index (χ0) is 14.5. The van der Waals surface area contributed by atoms with Gasteiger partial charge in [0.05, 0.1) is 10.9 Å². The molecule has 1 N–H and O–H groups in total. The van der Waals surface area contributed by atoms with Crippen molar-refractivity contribution in [3.8, 4) is 5.75 Å². The first-order valence-corrected chi connectivity index (χ1v) is 7.35. The lowest BCUT2D eigenvalue weighted by Crippen LogP contribution is -2.38. The molecule has 0 atom stereocenters. The summed E-state index contributed by atoms with van der Waals surface area (Å²) >= 11 is 11.8. The number of likely N-dealkylation sites (tertiary alicyclic amines) is 1. The number of piperidine rings is 1. The van der Waals surface area contributed by atoms with Crippen LogP contribution in [0.1, 0.15) is 12.8 Å². The van der Waals surface area contributed by atoms with Crippen LogP contribution in [0.3, 0.4) is 0 Å². The molecule has 4 nitrogen and oxygen atoms in total. The number of hydrogen-bond acceptors (Lipinski definition) is 3. The van der Waals surface area contributed by atoms with Crippen molar-refractivity contribution >= 4 is 29.2 Å². The maximum atomic E-state index is 10.9. The molecule has 1 aliphatic heterocycles. The molecule has 0 bridgehead atoms. The van der Waals surface area contributed by atoms with Gasteiger partial charge in [-0.1, -0.05) is 23.2 Å². The van der Waals surface area contributed by atoms with Crippen LogP contribution in [0.25, 0.3) is 0 Å². The van der Waals surface area contributed by atoms with Gasteiger partial charge in [-0.25, -0.2) is 0 Å². The highest BCUT2D eigenvalue weighted by molar-refractivity contribution is 6.35. The minimum Gasteiger partial charge on any atom is -0.491 e. The smallest absolute Gasteiger partial charge is 0.306 e. The highest BCUT2D eigenvalue weighted by Crippen LogP contribution is 2.27. The van der Waals surface area contributed by atoms with Crippen LogP contribution in [0.4, 0.5) is 0 Å². The van der Waals surface area contributed by atoms with E-state index in [9.17, 15) is 4.79 Å². The van der Waals surface area contributed by atoms with Gasteiger partial charge in [0.2, 0.25) is 0 Å². The second kappa shape index (κ2) is 7.16. The summed E-state index contributed by atoms with van der Waals surface area (Å²) in [4.78, 5) is 13.1. The standard InChI is InChI=1S/C14H17Cl2NO3/c15-11-1-2-13(12(16)9-11)20-8-7-17-5-3-10(4-6-17)14(18)19/h1-2,9-10H,3-8H2,(H,18,19). The Morgan fingerprint density at radius 3 is 2.65 bits per heavy atom. The Morgan fingerprint density at radius 1 is 1.35 bits per heavy atom. The number of aliphatic carboxylic acids is 1. The van der Waals surface area contributed by atoms with E-state index in [1.807, 2.05) is 0 Å². The molecule has 0 spiro atoms. The molecule has 0 amide bonds. The van der Waals surface area contributed by atoms with Crippen molar-refractivity contribution in [2.45, 2.75) is 12.8 Å². The van der Waals surface area contributed by atoms with Crippen LogP contribution in [0.2, 0.25) is 10.0 Å². The molecule has 0 aromatic heterocycles. The lowest BCUT2D eigenvalue weighted by molar-refractivity contribution is -0.143. The van der Waals surface area contributed by atoms with Crippen LogP contribution in [-0.4, -0.2) is 42.2 Å². The highest BCUT2D eigenvalue weighted by atomic mass is 35.5. The second-order valence-electron chi connectivity index (χ2n) is 4.88. The Balaban J connectivity index is 1.73. The molecule has 2 rings (SSSR count). The Labute approximate surface area is 128 Å². The highest BCUT2D eigenvalue weighted by Gasteiger charge is 2.24. The van der Waals surface area contributed by atoms with Crippen molar-refractivity contribution in [2.24, 2.45) is 5.92 Å². The fraction of sp³-hybridized carbons (Fsp3) is 0.500. The summed E-state index contributed by atoms with van der Waals surface area (Å²) in [6, 6.07) is 5.14. The molecule has 0 unspecified atom stereocenters. The molecule has 6 heteroatoms. The van der Waals surface area contributed by atoms with E-state index in [0.29, 0.717) is 35.2 Å². The van der Waals surface area contributed by atoms with E-state index in [4.69, 9.17) is 33.0 Å². The third kappa shape index (κ3) is 4.27. The number of halogens is 2. The average molecular weight is 318 g/mol. The van der Waals surface area contributed by atoms with E-state index in [0.717, 1.165) is 19.6 Å². The normalized spacial score (nSPS) is 17.1. The fourth-order valence-corrected chi connectivity index (χ4v) is 2.74. The van der Waals surface area contributed by atoms with Gasteiger partial charge in [-0.3, -0.25) is 9.69 Å². The van der Waals surface area contributed by atoms with Gasteiger partial charge in [0.15, 0.2) is 0 Å². The van der Waals surface area contributed by atoms with Gasteiger partial charge < -0.3 is 9.84 Å². The van der Waals surface area contributed by atoms with E-state index in [2.05, 4.69) is 4.90 Å². The van der Waals surface area contributed by atoms with E-state index in [1.165, 1.54) is 0 Å². The quantitative estimate of drug-likeness (QED) is 0.906. The number of hydrogen-bond donors (Lipinski definition) is 1. The Morgan fingerprint density at radius 2 is 2.05 bits per heavy atom. The molecular weight excluding hydrogens is 301 g/mol. The minimum absolute atomic E-state index is 0.196. The monoisotopic (exact) mass is 317 g/mol. The maximum Gasteiger partial charge on any atom is 0.306 e. The molecule has 0 saturated carbocycles. The van der Waals surface area contributed by atoms with Gasteiger partial charge in [0.25, 0.3) is 0 Å². The van der Waals surface area contributed by atoms with E-state index < -0.39 is 5.97 Å². The lowest BCUT2D eigenvalue weighted by atomic mass is 9.97. The lowest BCUT2D eigenvalue weighted by Gasteiger charge is -2.29. The first-order valence-electron chi connectivity index (χ1n) is 6.59. The van der Waals surface area contributed by atoms with Gasteiger partial charge in [0, 0.05) is 11.6 Å². The molecule has 0 radical (unpaired) electrons. The second-order valence-corrected chi connectivity index (χ2v) is 5.72. The molecule has 1 heterocycles. The van der Waals surface area contributed by atoms with Crippen LogP contribution in [0.15, 0.2) is 18.2 Å². The number of rotatable bonds is 5. The van der Waals surface area contributed by atoms with Gasteiger partial charge in [0.1, 0.15) is 12.4 Å². The van der Waals surface area contributed by atoms with Crippen LogP contribution in [0, 0.1) is 5.92 Å². The molecule has 1 saturated heterocycles. The topological polar surface area (TPSA) is 49.8 Å². The Kier molecular flexibility index (Phi) is 5.52. The summed E-state index contributed by atoms with van der Waals surface area (Å²) in [5.74, 6) is -0.261. The summed E-state index contributed by atoms with van der Waals surface area (Å²) in [6.07, 6.45) is 1.41. The third-order valence-corrected chi connectivity index (χ3v) is 4.03. The van der Waals surface area contributed by atoms with Crippen molar-refractivity contribution in [2.75, 3.05) is 26.2 Å². The van der Waals surface area contributed by atoms with Crippen molar-refractivity contribution in [3.05, 3.63) is 28.2 Å². The van der Waals surface area contributed by atoms with E-state index in [1.54, 1.807) is 18.2 Å². The van der Waals surface area contributed by atoms with Crippen LogP contribution in [0.5, 0.6) is 5.75 Å². The summed E-state index contributed by atoms with van der Waals surface area (Å²) in [5, 5.41) is 10.0. The number of benzene rings is 1. The molecule has 1 fully saturated rings. The number of carbonyl (C=O) groups is 1. The number of ether oxygens (including phenoxy) is 1. The molecule has 1 aromatic carbocycles. The summed E-state index contributed by atoms with van der Waals surface area (Å²) < 4.78 is 5.62. The van der Waals surface area contributed by atoms with Crippen LogP contribution < -0.4 is 4.74 Å². The first-order chi connectivity index (χ1) is 9.56. The molecule has 20 heavy (non-hydrogen) atoms. The molecule has 110 valence electrons. The molecule has 1 aromatic rings. The van der Waals surface area contributed by atoms with Crippen LogP contribution in [-0.2, 0) is 4.79 Å². The Bertz CT molecular complexity index is 473. The molecule has 1 aliphatic rings. The minimum atomic E-state index is -0.686. The van der Waals surface area contributed by atoms with Crippen molar-refractivity contribution in [1.29, 1.82) is 0 Å². The summed E-state index contributed by atoms with van der Waals surface area (Å²) in [6.45, 7) is 2.90. The number of nitrogens with zero attached hydrogens (tertiary/aromatic N) is 1. The van der Waals surface area contributed by atoms with Crippen molar-refractivity contribution in [1.82, 2.24) is 4.90 Å². The van der Waals surface area contributed by atoms with Crippen molar-refractivity contribution in [3.63, 3.8) is 0 Å². The zero-order valence-electron chi connectivity index (χ0n) is 11.0. The third-order valence-electron chi connectivity index (χ3n) is 3.50. The maximum absolute atomic E-state index is 10.9.